The molecule has 176 valence electrons. The average molecular weight is 438 g/mol. The van der Waals surface area contributed by atoms with E-state index in [1.54, 1.807) is 0 Å². The standard InChI is InChI=1S/C29H43NO2/c1-4-7-10-20-31-25-15-16-27(29(22-25)32-21-11-8-5-2)26-14-12-13-24-17-19-30(18-9-6-3)23-28(24)26/h12-16,22H,4-11,17-21,23H2,1-3H3. The number of ether oxygens (including phenoxy) is 2. The van der Waals surface area contributed by atoms with E-state index in [0.29, 0.717) is 0 Å². The zero-order valence-electron chi connectivity index (χ0n) is 20.6. The Kier molecular flexibility index (Phi) is 10.4. The van der Waals surface area contributed by atoms with Crippen molar-refractivity contribution in [2.24, 2.45) is 0 Å². The van der Waals surface area contributed by atoms with Crippen LogP contribution in [0.1, 0.15) is 83.3 Å². The molecule has 1 aliphatic heterocycles. The minimum Gasteiger partial charge on any atom is -0.493 e. The van der Waals surface area contributed by atoms with E-state index in [2.05, 4.69) is 62.1 Å². The van der Waals surface area contributed by atoms with Crippen molar-refractivity contribution >= 4 is 0 Å². The zero-order chi connectivity index (χ0) is 22.6. The molecule has 3 rings (SSSR count). The lowest BCUT2D eigenvalue weighted by molar-refractivity contribution is 0.250. The summed E-state index contributed by atoms with van der Waals surface area (Å²) in [7, 11) is 0. The van der Waals surface area contributed by atoms with Crippen molar-refractivity contribution in [3.05, 3.63) is 47.5 Å². The summed E-state index contributed by atoms with van der Waals surface area (Å²) in [5.41, 5.74) is 5.50. The Bertz CT molecular complexity index is 817. The lowest BCUT2D eigenvalue weighted by Gasteiger charge is -2.30. The Balaban J connectivity index is 1.85. The summed E-state index contributed by atoms with van der Waals surface area (Å²) in [5.74, 6) is 1.89. The van der Waals surface area contributed by atoms with Crippen LogP contribution in [0.5, 0.6) is 11.5 Å². The van der Waals surface area contributed by atoms with Gasteiger partial charge in [-0.05, 0) is 61.1 Å². The fraction of sp³-hybridized carbons (Fsp3) is 0.586. The first-order valence-electron chi connectivity index (χ1n) is 13.0. The van der Waals surface area contributed by atoms with Crippen molar-refractivity contribution in [1.29, 1.82) is 0 Å². The molecule has 0 spiro atoms. The fourth-order valence-corrected chi connectivity index (χ4v) is 4.47. The van der Waals surface area contributed by atoms with Gasteiger partial charge in [-0.3, -0.25) is 4.90 Å². The first-order chi connectivity index (χ1) is 15.8. The van der Waals surface area contributed by atoms with E-state index in [1.165, 1.54) is 73.9 Å². The highest BCUT2D eigenvalue weighted by Gasteiger charge is 2.21. The molecule has 3 heteroatoms. The van der Waals surface area contributed by atoms with Crippen LogP contribution in [0.3, 0.4) is 0 Å². The third kappa shape index (κ3) is 7.00. The van der Waals surface area contributed by atoms with Gasteiger partial charge in [-0.1, -0.05) is 71.1 Å². The lowest BCUT2D eigenvalue weighted by Crippen LogP contribution is -2.31. The summed E-state index contributed by atoms with van der Waals surface area (Å²) in [6.07, 6.45) is 10.7. The summed E-state index contributed by atoms with van der Waals surface area (Å²) in [5, 5.41) is 0. The maximum Gasteiger partial charge on any atom is 0.130 e. The molecule has 0 aliphatic carbocycles. The second-order valence-corrected chi connectivity index (χ2v) is 9.09. The summed E-state index contributed by atoms with van der Waals surface area (Å²) in [6.45, 7) is 11.7. The van der Waals surface area contributed by atoms with E-state index in [9.17, 15) is 0 Å². The van der Waals surface area contributed by atoms with Crippen LogP contribution in [0.2, 0.25) is 0 Å². The van der Waals surface area contributed by atoms with Crippen LogP contribution < -0.4 is 9.47 Å². The predicted octanol–water partition coefficient (Wildman–Crippen LogP) is 7.65. The van der Waals surface area contributed by atoms with E-state index in [1.807, 2.05) is 0 Å². The van der Waals surface area contributed by atoms with E-state index in [0.717, 1.165) is 50.5 Å². The van der Waals surface area contributed by atoms with Crippen LogP contribution in [0.25, 0.3) is 11.1 Å². The van der Waals surface area contributed by atoms with E-state index < -0.39 is 0 Å². The molecule has 2 aromatic rings. The first kappa shape index (κ1) is 24.6. The number of nitrogens with zero attached hydrogens (tertiary/aromatic N) is 1. The van der Waals surface area contributed by atoms with Gasteiger partial charge in [0.2, 0.25) is 0 Å². The molecule has 0 atom stereocenters. The molecule has 1 heterocycles. The second-order valence-electron chi connectivity index (χ2n) is 9.09. The van der Waals surface area contributed by atoms with Crippen molar-refractivity contribution in [2.45, 2.75) is 85.1 Å². The first-order valence-corrected chi connectivity index (χ1v) is 13.0. The summed E-state index contributed by atoms with van der Waals surface area (Å²) < 4.78 is 12.4. The third-order valence-electron chi connectivity index (χ3n) is 6.45. The van der Waals surface area contributed by atoms with Gasteiger partial charge < -0.3 is 9.47 Å². The maximum absolute atomic E-state index is 6.35. The molecule has 0 fully saturated rings. The van der Waals surface area contributed by atoms with Crippen LogP contribution >= 0.6 is 0 Å². The molecule has 0 radical (unpaired) electrons. The Morgan fingerprint density at radius 2 is 1.53 bits per heavy atom. The third-order valence-corrected chi connectivity index (χ3v) is 6.45. The minimum atomic E-state index is 0.762. The molecule has 3 nitrogen and oxygen atoms in total. The molecule has 32 heavy (non-hydrogen) atoms. The highest BCUT2D eigenvalue weighted by Crippen LogP contribution is 2.38. The predicted molar refractivity (Wildman–Crippen MR) is 136 cm³/mol. The molecule has 0 amide bonds. The van der Waals surface area contributed by atoms with Crippen LogP contribution in [-0.4, -0.2) is 31.2 Å². The monoisotopic (exact) mass is 437 g/mol. The Labute approximate surface area is 196 Å². The fourth-order valence-electron chi connectivity index (χ4n) is 4.47. The molecule has 0 aromatic heterocycles. The topological polar surface area (TPSA) is 21.7 Å². The van der Waals surface area contributed by atoms with Gasteiger partial charge in [0, 0.05) is 24.7 Å². The molecular weight excluding hydrogens is 394 g/mol. The molecule has 1 aliphatic rings. The average Bonchev–Trinajstić information content (AvgIpc) is 2.83. The number of unbranched alkanes of at least 4 members (excludes halogenated alkanes) is 5. The quantitative estimate of drug-likeness (QED) is 0.283. The van der Waals surface area contributed by atoms with Crippen LogP contribution in [-0.2, 0) is 13.0 Å². The van der Waals surface area contributed by atoms with E-state index in [-0.39, 0.29) is 0 Å². The van der Waals surface area contributed by atoms with Gasteiger partial charge in [-0.25, -0.2) is 0 Å². The van der Waals surface area contributed by atoms with Gasteiger partial charge in [0.25, 0.3) is 0 Å². The van der Waals surface area contributed by atoms with Crippen molar-refractivity contribution in [1.82, 2.24) is 4.90 Å². The van der Waals surface area contributed by atoms with Crippen molar-refractivity contribution in [3.8, 4) is 22.6 Å². The van der Waals surface area contributed by atoms with Gasteiger partial charge in [-0.2, -0.15) is 0 Å². The number of benzene rings is 2. The van der Waals surface area contributed by atoms with Gasteiger partial charge in [0.15, 0.2) is 0 Å². The summed E-state index contributed by atoms with van der Waals surface area (Å²) in [6, 6.07) is 13.2. The van der Waals surface area contributed by atoms with Crippen molar-refractivity contribution in [2.75, 3.05) is 26.3 Å². The largest absolute Gasteiger partial charge is 0.493 e. The molecule has 0 saturated carbocycles. The van der Waals surface area contributed by atoms with Gasteiger partial charge in [-0.15, -0.1) is 0 Å². The van der Waals surface area contributed by atoms with Crippen LogP contribution in [0, 0.1) is 0 Å². The maximum atomic E-state index is 6.35. The Morgan fingerprint density at radius 1 is 0.781 bits per heavy atom. The van der Waals surface area contributed by atoms with Gasteiger partial charge in [0.1, 0.15) is 11.5 Å². The molecular formula is C29H43NO2. The number of rotatable bonds is 14. The van der Waals surface area contributed by atoms with Gasteiger partial charge >= 0.3 is 0 Å². The molecule has 0 bridgehead atoms. The molecule has 0 saturated heterocycles. The smallest absolute Gasteiger partial charge is 0.130 e. The van der Waals surface area contributed by atoms with Crippen LogP contribution in [0.4, 0.5) is 0 Å². The SMILES string of the molecule is CCCCCOc1ccc(-c2cccc3c2CN(CCCC)CC3)c(OCCCCC)c1. The zero-order valence-corrected chi connectivity index (χ0v) is 20.6. The lowest BCUT2D eigenvalue weighted by atomic mass is 9.90. The molecule has 2 aromatic carbocycles. The highest BCUT2D eigenvalue weighted by atomic mass is 16.5. The summed E-state index contributed by atoms with van der Waals surface area (Å²) in [4.78, 5) is 2.61. The summed E-state index contributed by atoms with van der Waals surface area (Å²) >= 11 is 0. The Morgan fingerprint density at radius 3 is 2.28 bits per heavy atom. The minimum absolute atomic E-state index is 0.762. The normalized spacial score (nSPS) is 13.7. The van der Waals surface area contributed by atoms with E-state index >= 15 is 0 Å². The van der Waals surface area contributed by atoms with Crippen molar-refractivity contribution in [3.63, 3.8) is 0 Å². The molecule has 0 N–H and O–H groups in total. The number of hydrogen-bond donors (Lipinski definition) is 0. The highest BCUT2D eigenvalue weighted by molar-refractivity contribution is 5.75. The van der Waals surface area contributed by atoms with Gasteiger partial charge in [0.05, 0.1) is 13.2 Å². The van der Waals surface area contributed by atoms with Crippen LogP contribution in [0.15, 0.2) is 36.4 Å². The molecule has 0 unspecified atom stereocenters. The Hall–Kier alpha value is -2.00. The number of fused-ring (bicyclic) bond motifs is 1. The second kappa shape index (κ2) is 13.5. The van der Waals surface area contributed by atoms with E-state index in [4.69, 9.17) is 9.47 Å². The number of hydrogen-bond acceptors (Lipinski definition) is 3. The van der Waals surface area contributed by atoms with Crippen molar-refractivity contribution < 1.29 is 9.47 Å².